The van der Waals surface area contributed by atoms with E-state index in [9.17, 15) is 4.79 Å². The van der Waals surface area contributed by atoms with E-state index in [4.69, 9.17) is 4.74 Å². The highest BCUT2D eigenvalue weighted by molar-refractivity contribution is 5.76. The molecule has 0 atom stereocenters. The van der Waals surface area contributed by atoms with Gasteiger partial charge in [-0.05, 0) is 26.0 Å². The van der Waals surface area contributed by atoms with E-state index in [2.05, 4.69) is 10.3 Å². The Hall–Kier alpha value is -1.78. The lowest BCUT2D eigenvalue weighted by Crippen LogP contribution is -2.31. The number of ether oxygens (including phenoxy) is 1. The van der Waals surface area contributed by atoms with Crippen molar-refractivity contribution in [2.45, 2.75) is 20.3 Å². The van der Waals surface area contributed by atoms with Crippen molar-refractivity contribution in [2.24, 2.45) is 0 Å². The predicted octanol–water partition coefficient (Wildman–Crippen LogP) is 1.76. The van der Waals surface area contributed by atoms with Gasteiger partial charge in [-0.1, -0.05) is 0 Å². The Morgan fingerprint density at radius 3 is 2.61 bits per heavy atom. The Bertz CT molecular complexity index is 361. The number of aromatic nitrogens is 1. The van der Waals surface area contributed by atoms with Crippen LogP contribution in [0.5, 0.6) is 5.75 Å². The number of rotatable bonds is 7. The first kappa shape index (κ1) is 14.3. The van der Waals surface area contributed by atoms with E-state index in [1.165, 1.54) is 0 Å². The van der Waals surface area contributed by atoms with Gasteiger partial charge in [0.05, 0.1) is 13.3 Å². The standard InChI is InChI=1S/C13H21N3O2/c1-4-16(5-2)13(17)8-9-14-12-7-6-11(18-3)10-15-12/h6-7,10H,4-5,8-9H2,1-3H3,(H,14,15). The van der Waals surface area contributed by atoms with Gasteiger partial charge in [-0.3, -0.25) is 4.79 Å². The molecule has 0 unspecified atom stereocenters. The third kappa shape index (κ3) is 4.24. The highest BCUT2D eigenvalue weighted by Crippen LogP contribution is 2.10. The summed E-state index contributed by atoms with van der Waals surface area (Å²) in [6.07, 6.45) is 2.13. The summed E-state index contributed by atoms with van der Waals surface area (Å²) in [5, 5.41) is 3.12. The minimum atomic E-state index is 0.168. The van der Waals surface area contributed by atoms with Gasteiger partial charge in [0.25, 0.3) is 0 Å². The number of amides is 1. The SMILES string of the molecule is CCN(CC)C(=O)CCNc1ccc(OC)cn1. The Labute approximate surface area is 108 Å². The molecule has 0 aromatic carbocycles. The molecule has 0 bridgehead atoms. The Morgan fingerprint density at radius 1 is 1.39 bits per heavy atom. The third-order valence-corrected chi connectivity index (χ3v) is 2.73. The van der Waals surface area contributed by atoms with E-state index >= 15 is 0 Å². The lowest BCUT2D eigenvalue weighted by atomic mass is 10.3. The number of carbonyl (C=O) groups excluding carboxylic acids is 1. The van der Waals surface area contributed by atoms with Crippen LogP contribution in [0.25, 0.3) is 0 Å². The van der Waals surface area contributed by atoms with Gasteiger partial charge in [0.2, 0.25) is 5.91 Å². The van der Waals surface area contributed by atoms with Crippen molar-refractivity contribution in [1.29, 1.82) is 0 Å². The zero-order valence-electron chi connectivity index (χ0n) is 11.3. The minimum absolute atomic E-state index is 0.168. The Balaban J connectivity index is 2.34. The number of methoxy groups -OCH3 is 1. The van der Waals surface area contributed by atoms with Crippen LogP contribution >= 0.6 is 0 Å². The van der Waals surface area contributed by atoms with Gasteiger partial charge in [-0.2, -0.15) is 0 Å². The molecule has 0 fully saturated rings. The van der Waals surface area contributed by atoms with E-state index < -0.39 is 0 Å². The van der Waals surface area contributed by atoms with E-state index in [-0.39, 0.29) is 5.91 Å². The second-order valence-corrected chi connectivity index (χ2v) is 3.83. The Kier molecular flexibility index (Phi) is 5.97. The maximum absolute atomic E-state index is 11.7. The molecule has 1 aromatic heterocycles. The monoisotopic (exact) mass is 251 g/mol. The highest BCUT2D eigenvalue weighted by atomic mass is 16.5. The molecule has 100 valence electrons. The number of carbonyl (C=O) groups is 1. The fraction of sp³-hybridized carbons (Fsp3) is 0.538. The molecule has 0 aliphatic heterocycles. The molecule has 1 N–H and O–H groups in total. The summed E-state index contributed by atoms with van der Waals surface area (Å²) in [5.74, 6) is 1.64. The summed E-state index contributed by atoms with van der Waals surface area (Å²) >= 11 is 0. The topological polar surface area (TPSA) is 54.5 Å². The molecule has 5 nitrogen and oxygen atoms in total. The third-order valence-electron chi connectivity index (χ3n) is 2.73. The lowest BCUT2D eigenvalue weighted by molar-refractivity contribution is -0.130. The van der Waals surface area contributed by atoms with Gasteiger partial charge >= 0.3 is 0 Å². The zero-order valence-corrected chi connectivity index (χ0v) is 11.3. The van der Waals surface area contributed by atoms with E-state index in [0.717, 1.165) is 24.7 Å². The van der Waals surface area contributed by atoms with Crippen molar-refractivity contribution in [3.05, 3.63) is 18.3 Å². The summed E-state index contributed by atoms with van der Waals surface area (Å²) in [7, 11) is 1.60. The maximum atomic E-state index is 11.7. The number of hydrogen-bond acceptors (Lipinski definition) is 4. The molecule has 1 aromatic rings. The van der Waals surface area contributed by atoms with Crippen LogP contribution in [-0.2, 0) is 4.79 Å². The Morgan fingerprint density at radius 2 is 2.11 bits per heavy atom. The molecule has 5 heteroatoms. The van der Waals surface area contributed by atoms with Crippen LogP contribution in [0.2, 0.25) is 0 Å². The summed E-state index contributed by atoms with van der Waals surface area (Å²) in [6, 6.07) is 3.67. The molecule has 18 heavy (non-hydrogen) atoms. The van der Waals surface area contributed by atoms with Crippen molar-refractivity contribution in [3.8, 4) is 5.75 Å². The molecule has 0 saturated carbocycles. The first-order valence-corrected chi connectivity index (χ1v) is 6.23. The van der Waals surface area contributed by atoms with Crippen molar-refractivity contribution in [1.82, 2.24) is 9.88 Å². The number of nitrogens with one attached hydrogen (secondary N) is 1. The van der Waals surface area contributed by atoms with Crippen LogP contribution in [0.4, 0.5) is 5.82 Å². The minimum Gasteiger partial charge on any atom is -0.495 e. The van der Waals surface area contributed by atoms with Gasteiger partial charge in [0, 0.05) is 26.1 Å². The quantitative estimate of drug-likeness (QED) is 0.802. The van der Waals surface area contributed by atoms with E-state index in [1.54, 1.807) is 13.3 Å². The van der Waals surface area contributed by atoms with Gasteiger partial charge in [0.1, 0.15) is 11.6 Å². The molecular weight excluding hydrogens is 230 g/mol. The largest absolute Gasteiger partial charge is 0.495 e. The molecular formula is C13H21N3O2. The number of anilines is 1. The van der Waals surface area contributed by atoms with Crippen LogP contribution < -0.4 is 10.1 Å². The molecule has 1 heterocycles. The first-order valence-electron chi connectivity index (χ1n) is 6.23. The highest BCUT2D eigenvalue weighted by Gasteiger charge is 2.08. The van der Waals surface area contributed by atoms with Crippen molar-refractivity contribution >= 4 is 11.7 Å². The summed E-state index contributed by atoms with van der Waals surface area (Å²) in [4.78, 5) is 17.7. The van der Waals surface area contributed by atoms with Crippen molar-refractivity contribution < 1.29 is 9.53 Å². The molecule has 0 aliphatic rings. The smallest absolute Gasteiger partial charge is 0.224 e. The van der Waals surface area contributed by atoms with Crippen LogP contribution in [0.15, 0.2) is 18.3 Å². The number of pyridine rings is 1. The van der Waals surface area contributed by atoms with Gasteiger partial charge < -0.3 is 15.0 Å². The fourth-order valence-corrected chi connectivity index (χ4v) is 1.64. The average molecular weight is 251 g/mol. The second kappa shape index (κ2) is 7.53. The maximum Gasteiger partial charge on any atom is 0.224 e. The van der Waals surface area contributed by atoms with Gasteiger partial charge in [0.15, 0.2) is 0 Å². The second-order valence-electron chi connectivity index (χ2n) is 3.83. The van der Waals surface area contributed by atoms with Gasteiger partial charge in [-0.25, -0.2) is 4.98 Å². The van der Waals surface area contributed by atoms with Crippen LogP contribution in [0, 0.1) is 0 Å². The van der Waals surface area contributed by atoms with Crippen molar-refractivity contribution in [3.63, 3.8) is 0 Å². The fourth-order valence-electron chi connectivity index (χ4n) is 1.64. The molecule has 0 saturated heterocycles. The predicted molar refractivity (Wildman–Crippen MR) is 71.8 cm³/mol. The zero-order chi connectivity index (χ0) is 13.4. The average Bonchev–Trinajstić information content (AvgIpc) is 2.41. The summed E-state index contributed by atoms with van der Waals surface area (Å²) < 4.78 is 5.02. The molecule has 0 aliphatic carbocycles. The molecule has 0 radical (unpaired) electrons. The first-order chi connectivity index (χ1) is 8.71. The summed E-state index contributed by atoms with van der Waals surface area (Å²) in [6.45, 7) is 6.08. The number of hydrogen-bond donors (Lipinski definition) is 1. The molecule has 0 spiro atoms. The van der Waals surface area contributed by atoms with Gasteiger partial charge in [-0.15, -0.1) is 0 Å². The molecule has 1 rings (SSSR count). The summed E-state index contributed by atoms with van der Waals surface area (Å²) in [5.41, 5.74) is 0. The van der Waals surface area contributed by atoms with Crippen LogP contribution in [0.3, 0.4) is 0 Å². The van der Waals surface area contributed by atoms with Crippen molar-refractivity contribution in [2.75, 3.05) is 32.1 Å². The molecule has 1 amide bonds. The van der Waals surface area contributed by atoms with Crippen LogP contribution in [-0.4, -0.2) is 42.5 Å². The normalized spacial score (nSPS) is 9.94. The van der Waals surface area contributed by atoms with E-state index in [0.29, 0.717) is 13.0 Å². The number of nitrogens with zero attached hydrogens (tertiary/aromatic N) is 2. The lowest BCUT2D eigenvalue weighted by Gasteiger charge is -2.18. The van der Waals surface area contributed by atoms with Crippen LogP contribution in [0.1, 0.15) is 20.3 Å². The van der Waals surface area contributed by atoms with E-state index in [1.807, 2.05) is 30.9 Å².